The van der Waals surface area contributed by atoms with E-state index in [9.17, 15) is 14.7 Å². The monoisotopic (exact) mass is 514 g/mol. The Morgan fingerprint density at radius 3 is 2.30 bits per heavy atom. The van der Waals surface area contributed by atoms with Gasteiger partial charge in [0.1, 0.15) is 5.60 Å². The second kappa shape index (κ2) is 18.1. The van der Waals surface area contributed by atoms with E-state index in [1.165, 1.54) is 11.0 Å². The quantitative estimate of drug-likeness (QED) is 0.253. The number of nitrogens with zero attached hydrogens (tertiary/aromatic N) is 1. The molecule has 2 unspecified atom stereocenters. The molecule has 2 N–H and O–H groups in total. The largest absolute Gasteiger partial charge is 0.444 e. The molecule has 1 aromatic rings. The summed E-state index contributed by atoms with van der Waals surface area (Å²) in [5.74, 6) is -0.256. The van der Waals surface area contributed by atoms with Crippen LogP contribution >= 0.6 is 0 Å². The van der Waals surface area contributed by atoms with Crippen LogP contribution in [0.25, 0.3) is 0 Å². The number of hydrogen-bond donors (Lipinski definition) is 2. The minimum absolute atomic E-state index is 0.0729. The number of aliphatic hydroxyl groups excluding tert-OH is 1. The van der Waals surface area contributed by atoms with Gasteiger partial charge in [0.2, 0.25) is 0 Å². The standard InChI is InChI=1S/C28H40N2O5.C2H6/c1-8-10-18-30(25(31)9-2)22(4)17-16-21(3)26(32)24(29-27(33)35-28(5,6)7)20-34-19-23-14-12-11-13-15-23;1-2/h9-18,24,26,32H,2,8,19-20H2,1,3-7H3,(H,29,33);1-2H3/b18-10-,21-16+,22-17+;. The third kappa shape index (κ3) is 14.2. The molecule has 0 spiro atoms. The van der Waals surface area contributed by atoms with Crippen molar-refractivity contribution in [2.75, 3.05) is 6.61 Å². The summed E-state index contributed by atoms with van der Waals surface area (Å²) >= 11 is 0. The molecule has 7 heteroatoms. The minimum atomic E-state index is -1.04. The number of rotatable bonds is 12. The lowest BCUT2D eigenvalue weighted by Crippen LogP contribution is -2.48. The number of alkyl carbamates (subject to hydrolysis) is 1. The Bertz CT molecular complexity index is 914. The summed E-state index contributed by atoms with van der Waals surface area (Å²) in [6.45, 7) is 18.8. The lowest BCUT2D eigenvalue weighted by atomic mass is 10.0. The first-order chi connectivity index (χ1) is 17.5. The molecule has 0 bridgehead atoms. The van der Waals surface area contributed by atoms with E-state index in [-0.39, 0.29) is 12.5 Å². The van der Waals surface area contributed by atoms with Gasteiger partial charge in [-0.25, -0.2) is 4.79 Å². The lowest BCUT2D eigenvalue weighted by Gasteiger charge is -2.27. The van der Waals surface area contributed by atoms with Gasteiger partial charge in [0.15, 0.2) is 0 Å². The predicted molar refractivity (Wildman–Crippen MR) is 151 cm³/mol. The molecule has 1 aromatic carbocycles. The summed E-state index contributed by atoms with van der Waals surface area (Å²) in [5.41, 5.74) is 1.54. The van der Waals surface area contributed by atoms with Crippen LogP contribution in [0.4, 0.5) is 4.79 Å². The number of nitrogens with one attached hydrogen (secondary N) is 1. The molecule has 0 aromatic heterocycles. The maximum absolute atomic E-state index is 12.4. The van der Waals surface area contributed by atoms with Crippen molar-refractivity contribution in [3.63, 3.8) is 0 Å². The molecule has 7 nitrogen and oxygen atoms in total. The van der Waals surface area contributed by atoms with Gasteiger partial charge >= 0.3 is 6.09 Å². The molecule has 2 atom stereocenters. The smallest absolute Gasteiger partial charge is 0.408 e. The number of hydrogen-bond acceptors (Lipinski definition) is 5. The highest BCUT2D eigenvalue weighted by Gasteiger charge is 2.26. The van der Waals surface area contributed by atoms with Crippen LogP contribution in [0.3, 0.4) is 0 Å². The van der Waals surface area contributed by atoms with E-state index in [1.807, 2.05) is 57.2 Å². The molecular formula is C30H46N2O5. The molecule has 206 valence electrons. The molecule has 37 heavy (non-hydrogen) atoms. The maximum Gasteiger partial charge on any atom is 0.408 e. The van der Waals surface area contributed by atoms with Gasteiger partial charge in [0.05, 0.1) is 25.4 Å². The highest BCUT2D eigenvalue weighted by molar-refractivity contribution is 5.89. The van der Waals surface area contributed by atoms with E-state index >= 15 is 0 Å². The van der Waals surface area contributed by atoms with Crippen molar-refractivity contribution < 1.29 is 24.2 Å². The highest BCUT2D eigenvalue weighted by Crippen LogP contribution is 2.14. The molecule has 0 radical (unpaired) electrons. The summed E-state index contributed by atoms with van der Waals surface area (Å²) in [7, 11) is 0. The number of ether oxygens (including phenoxy) is 2. The molecule has 0 saturated carbocycles. The van der Waals surface area contributed by atoms with E-state index < -0.39 is 23.8 Å². The van der Waals surface area contributed by atoms with E-state index in [4.69, 9.17) is 9.47 Å². The average molecular weight is 515 g/mol. The van der Waals surface area contributed by atoms with Gasteiger partial charge in [-0.2, -0.15) is 0 Å². The zero-order valence-electron chi connectivity index (χ0n) is 23.8. The first-order valence-electron chi connectivity index (χ1n) is 12.7. The van der Waals surface area contributed by atoms with E-state index in [1.54, 1.807) is 53.0 Å². The number of amides is 2. The van der Waals surface area contributed by atoms with Crippen molar-refractivity contribution >= 4 is 12.0 Å². The van der Waals surface area contributed by atoms with Crippen molar-refractivity contribution in [1.82, 2.24) is 10.2 Å². The third-order valence-corrected chi connectivity index (χ3v) is 4.83. The SMILES string of the molecule is C=CC(=O)N(/C=C\CC)/C(C)=C/C=C(\C)C(O)C(COCc1ccccc1)NC(=O)OC(C)(C)C.CC. The van der Waals surface area contributed by atoms with E-state index in [0.717, 1.165) is 12.0 Å². The second-order valence-corrected chi connectivity index (χ2v) is 9.12. The Morgan fingerprint density at radius 1 is 1.14 bits per heavy atom. The van der Waals surface area contributed by atoms with Crippen LogP contribution in [-0.2, 0) is 20.9 Å². The molecular weight excluding hydrogens is 468 g/mol. The first-order valence-corrected chi connectivity index (χ1v) is 12.7. The van der Waals surface area contributed by atoms with E-state index in [0.29, 0.717) is 17.9 Å². The fraction of sp³-hybridized carbons (Fsp3) is 0.467. The molecule has 0 fully saturated rings. The number of benzene rings is 1. The molecule has 0 aliphatic rings. The second-order valence-electron chi connectivity index (χ2n) is 9.12. The van der Waals surface area contributed by atoms with Crippen LogP contribution < -0.4 is 5.32 Å². The van der Waals surface area contributed by atoms with Crippen LogP contribution in [0.2, 0.25) is 0 Å². The van der Waals surface area contributed by atoms with Crippen molar-refractivity contribution in [2.45, 2.75) is 86.2 Å². The molecule has 1 rings (SSSR count). The zero-order chi connectivity index (χ0) is 28.4. The van der Waals surface area contributed by atoms with Gasteiger partial charge < -0.3 is 19.9 Å². The van der Waals surface area contributed by atoms with Crippen LogP contribution in [-0.4, -0.2) is 46.4 Å². The molecule has 2 amide bonds. The van der Waals surface area contributed by atoms with Crippen LogP contribution in [0.5, 0.6) is 0 Å². The van der Waals surface area contributed by atoms with Gasteiger partial charge in [0.25, 0.3) is 5.91 Å². The topological polar surface area (TPSA) is 88.1 Å². The third-order valence-electron chi connectivity index (χ3n) is 4.83. The first kappa shape index (κ1) is 33.8. The highest BCUT2D eigenvalue weighted by atomic mass is 16.6. The Morgan fingerprint density at radius 2 is 1.76 bits per heavy atom. The summed E-state index contributed by atoms with van der Waals surface area (Å²) < 4.78 is 11.2. The zero-order valence-corrected chi connectivity index (χ0v) is 23.8. The van der Waals surface area contributed by atoms with Gasteiger partial charge in [-0.3, -0.25) is 9.69 Å². The number of carbonyl (C=O) groups is 2. The Kier molecular flexibility index (Phi) is 16.6. The molecule has 0 saturated heterocycles. The summed E-state index contributed by atoms with van der Waals surface area (Å²) in [6.07, 6.45) is 7.35. The normalized spacial score (nSPS) is 13.8. The van der Waals surface area contributed by atoms with E-state index in [2.05, 4.69) is 11.9 Å². The fourth-order valence-electron chi connectivity index (χ4n) is 2.97. The number of aliphatic hydroxyl groups is 1. The Labute approximate surface area is 223 Å². The van der Waals surface area contributed by atoms with Crippen molar-refractivity contribution in [3.05, 3.63) is 84.2 Å². The average Bonchev–Trinajstić information content (AvgIpc) is 2.86. The number of carbonyl (C=O) groups excluding carboxylic acids is 2. The lowest BCUT2D eigenvalue weighted by molar-refractivity contribution is -0.122. The molecule has 0 aliphatic heterocycles. The van der Waals surface area contributed by atoms with Gasteiger partial charge in [0, 0.05) is 11.9 Å². The Hall–Kier alpha value is -3.16. The maximum atomic E-state index is 12.4. The minimum Gasteiger partial charge on any atom is -0.444 e. The molecule has 0 heterocycles. The Balaban J connectivity index is 0.00000631. The van der Waals surface area contributed by atoms with Gasteiger partial charge in [-0.1, -0.05) is 69.8 Å². The predicted octanol–water partition coefficient (Wildman–Crippen LogP) is 6.27. The van der Waals surface area contributed by atoms with Crippen LogP contribution in [0.1, 0.15) is 67.4 Å². The van der Waals surface area contributed by atoms with Crippen LogP contribution in [0, 0.1) is 0 Å². The van der Waals surface area contributed by atoms with Crippen LogP contribution in [0.15, 0.2) is 78.7 Å². The van der Waals surface area contributed by atoms with Crippen molar-refractivity contribution in [1.29, 1.82) is 0 Å². The van der Waals surface area contributed by atoms with Gasteiger partial charge in [-0.15, -0.1) is 0 Å². The fourth-order valence-corrected chi connectivity index (χ4v) is 2.97. The summed E-state index contributed by atoms with van der Waals surface area (Å²) in [4.78, 5) is 26.1. The molecule has 0 aliphatic carbocycles. The summed E-state index contributed by atoms with van der Waals surface area (Å²) in [5, 5.41) is 13.7. The van der Waals surface area contributed by atoms with Crippen molar-refractivity contribution in [3.8, 4) is 0 Å². The number of allylic oxidation sites excluding steroid dienone is 4. The van der Waals surface area contributed by atoms with Crippen molar-refractivity contribution in [2.24, 2.45) is 0 Å². The summed E-state index contributed by atoms with van der Waals surface area (Å²) in [6, 6.07) is 8.89. The van der Waals surface area contributed by atoms with Gasteiger partial charge in [-0.05, 0) is 64.3 Å².